The van der Waals surface area contributed by atoms with E-state index < -0.39 is 0 Å². The predicted molar refractivity (Wildman–Crippen MR) is 81.4 cm³/mol. The van der Waals surface area contributed by atoms with Gasteiger partial charge in [-0.15, -0.1) is 5.10 Å². The van der Waals surface area contributed by atoms with Crippen LogP contribution in [-0.4, -0.2) is 39.5 Å². The smallest absolute Gasteiger partial charge is 0.277 e. The first-order chi connectivity index (χ1) is 10.1. The third-order valence-electron chi connectivity index (χ3n) is 4.74. The van der Waals surface area contributed by atoms with Gasteiger partial charge >= 0.3 is 0 Å². The minimum absolute atomic E-state index is 0.119. The largest absolute Gasteiger partial charge is 0.397 e. The Balaban J connectivity index is 1.85. The molecule has 2 aromatic rings. The maximum atomic E-state index is 12.7. The molecule has 1 aromatic carbocycles. The van der Waals surface area contributed by atoms with Crippen molar-refractivity contribution in [2.45, 2.75) is 18.9 Å². The first-order valence-corrected chi connectivity index (χ1v) is 7.58. The summed E-state index contributed by atoms with van der Waals surface area (Å²) < 4.78 is 1.55. The molecule has 0 radical (unpaired) electrons. The molecule has 3 fully saturated rings. The zero-order chi connectivity index (χ0) is 14.6. The molecule has 6 nitrogen and oxygen atoms in total. The summed E-state index contributed by atoms with van der Waals surface area (Å²) in [5, 5.41) is 9.18. The second kappa shape index (κ2) is 4.68. The Bertz CT molecular complexity index is 766. The lowest BCUT2D eigenvalue weighted by Crippen LogP contribution is -2.50. The van der Waals surface area contributed by atoms with Crippen LogP contribution in [0.1, 0.15) is 18.9 Å². The van der Waals surface area contributed by atoms with Crippen LogP contribution >= 0.6 is 11.6 Å². The highest BCUT2D eigenvalue weighted by Crippen LogP contribution is 2.34. The Labute approximate surface area is 126 Å². The Morgan fingerprint density at radius 2 is 2.05 bits per heavy atom. The van der Waals surface area contributed by atoms with Gasteiger partial charge in [0.15, 0.2) is 0 Å². The number of nitrogens with two attached hydrogens (primary N) is 1. The van der Waals surface area contributed by atoms with Crippen molar-refractivity contribution in [2.75, 3.05) is 25.4 Å². The van der Waals surface area contributed by atoms with Gasteiger partial charge in [-0.25, -0.2) is 4.68 Å². The zero-order valence-corrected chi connectivity index (χ0v) is 12.3. The maximum Gasteiger partial charge on any atom is 0.277 e. The van der Waals surface area contributed by atoms with Gasteiger partial charge in [0.1, 0.15) is 5.52 Å². The SMILES string of the molecule is Nc1cc2nnn(C3CN4CCC3CC4)c(=O)c2cc1Cl. The van der Waals surface area contributed by atoms with Crippen LogP contribution in [0.3, 0.4) is 0 Å². The molecule has 21 heavy (non-hydrogen) atoms. The van der Waals surface area contributed by atoms with Crippen molar-refractivity contribution >= 4 is 28.2 Å². The summed E-state index contributed by atoms with van der Waals surface area (Å²) in [4.78, 5) is 15.1. The number of hydrogen-bond acceptors (Lipinski definition) is 5. The van der Waals surface area contributed by atoms with Gasteiger partial charge in [-0.2, -0.15) is 0 Å². The van der Waals surface area contributed by atoms with E-state index in [1.807, 2.05) is 0 Å². The number of hydrogen-bond donors (Lipinski definition) is 1. The maximum absolute atomic E-state index is 12.7. The molecular formula is C14H16ClN5O. The Morgan fingerprint density at radius 3 is 2.71 bits per heavy atom. The second-order valence-corrected chi connectivity index (χ2v) is 6.34. The molecule has 2 N–H and O–H groups in total. The highest BCUT2D eigenvalue weighted by molar-refractivity contribution is 6.33. The summed E-state index contributed by atoms with van der Waals surface area (Å²) in [6.07, 6.45) is 2.25. The van der Waals surface area contributed by atoms with Crippen molar-refractivity contribution in [1.29, 1.82) is 0 Å². The number of fused-ring (bicyclic) bond motifs is 4. The average molecular weight is 306 g/mol. The molecular weight excluding hydrogens is 290 g/mol. The zero-order valence-electron chi connectivity index (χ0n) is 11.5. The van der Waals surface area contributed by atoms with Gasteiger partial charge in [-0.1, -0.05) is 16.8 Å². The monoisotopic (exact) mass is 305 g/mol. The molecule has 4 heterocycles. The molecule has 7 heteroatoms. The molecule has 5 rings (SSSR count). The first kappa shape index (κ1) is 13.0. The lowest BCUT2D eigenvalue weighted by atomic mass is 9.84. The molecule has 1 unspecified atom stereocenters. The minimum atomic E-state index is -0.124. The highest BCUT2D eigenvalue weighted by Gasteiger charge is 2.36. The van der Waals surface area contributed by atoms with Gasteiger partial charge in [0, 0.05) is 6.54 Å². The Hall–Kier alpha value is -1.66. The number of nitrogens with zero attached hydrogens (tertiary/aromatic N) is 4. The van der Waals surface area contributed by atoms with Gasteiger partial charge in [0.05, 0.1) is 22.1 Å². The quantitative estimate of drug-likeness (QED) is 0.804. The number of aromatic nitrogens is 3. The molecule has 0 saturated carbocycles. The summed E-state index contributed by atoms with van der Waals surface area (Å²) in [6.45, 7) is 3.13. The van der Waals surface area contributed by atoms with E-state index in [4.69, 9.17) is 17.3 Å². The number of benzene rings is 1. The van der Waals surface area contributed by atoms with Crippen molar-refractivity contribution in [1.82, 2.24) is 19.9 Å². The highest BCUT2D eigenvalue weighted by atomic mass is 35.5. The molecule has 1 aromatic heterocycles. The summed E-state index contributed by atoms with van der Waals surface area (Å²) in [7, 11) is 0. The van der Waals surface area contributed by atoms with Crippen molar-refractivity contribution in [3.63, 3.8) is 0 Å². The molecule has 2 bridgehead atoms. The lowest BCUT2D eigenvalue weighted by Gasteiger charge is -2.44. The molecule has 0 aliphatic carbocycles. The van der Waals surface area contributed by atoms with Crippen LogP contribution in [0, 0.1) is 5.92 Å². The van der Waals surface area contributed by atoms with E-state index in [0.29, 0.717) is 27.5 Å². The van der Waals surface area contributed by atoms with Crippen molar-refractivity contribution in [3.8, 4) is 0 Å². The van der Waals surface area contributed by atoms with E-state index in [1.54, 1.807) is 16.8 Å². The van der Waals surface area contributed by atoms with Crippen molar-refractivity contribution in [2.24, 2.45) is 5.92 Å². The molecule has 0 amide bonds. The average Bonchev–Trinajstić information content (AvgIpc) is 2.51. The van der Waals surface area contributed by atoms with Gasteiger partial charge in [-0.3, -0.25) is 4.79 Å². The summed E-state index contributed by atoms with van der Waals surface area (Å²) >= 11 is 6.03. The predicted octanol–water partition coefficient (Wildman–Crippen LogP) is 1.29. The number of anilines is 1. The van der Waals surface area contributed by atoms with Crippen LogP contribution in [0.2, 0.25) is 5.02 Å². The van der Waals surface area contributed by atoms with E-state index >= 15 is 0 Å². The fourth-order valence-corrected chi connectivity index (χ4v) is 3.68. The first-order valence-electron chi connectivity index (χ1n) is 7.20. The molecule has 3 saturated heterocycles. The Kier molecular flexibility index (Phi) is 2.90. The van der Waals surface area contributed by atoms with E-state index in [-0.39, 0.29) is 11.6 Å². The van der Waals surface area contributed by atoms with E-state index in [1.165, 1.54) is 0 Å². The van der Waals surface area contributed by atoms with Gasteiger partial charge in [0.25, 0.3) is 5.56 Å². The third kappa shape index (κ3) is 2.01. The second-order valence-electron chi connectivity index (χ2n) is 5.94. The molecule has 3 aliphatic rings. The summed E-state index contributed by atoms with van der Waals surface area (Å²) in [5.41, 5.74) is 6.54. The fourth-order valence-electron chi connectivity index (χ4n) is 3.52. The van der Waals surface area contributed by atoms with E-state index in [9.17, 15) is 4.79 Å². The lowest BCUT2D eigenvalue weighted by molar-refractivity contribution is 0.0477. The van der Waals surface area contributed by atoms with Crippen LogP contribution in [0.4, 0.5) is 5.69 Å². The normalized spacial score (nSPS) is 28.1. The van der Waals surface area contributed by atoms with Crippen LogP contribution in [0.5, 0.6) is 0 Å². The van der Waals surface area contributed by atoms with Crippen molar-refractivity contribution < 1.29 is 0 Å². The standard InChI is InChI=1S/C14H16ClN5O/c15-10-5-9-12(6-11(10)16)17-18-20(14(9)21)13-7-19-3-1-8(13)2-4-19/h5-6,8,13H,1-4,7,16H2. The fraction of sp³-hybridized carbons (Fsp3) is 0.500. The van der Waals surface area contributed by atoms with Crippen LogP contribution in [0.15, 0.2) is 16.9 Å². The molecule has 1 atom stereocenters. The van der Waals surface area contributed by atoms with Crippen LogP contribution in [-0.2, 0) is 0 Å². The number of halogens is 1. The van der Waals surface area contributed by atoms with Crippen LogP contribution in [0.25, 0.3) is 10.9 Å². The minimum Gasteiger partial charge on any atom is -0.397 e. The number of nitrogen functional groups attached to an aromatic ring is 1. The summed E-state index contributed by atoms with van der Waals surface area (Å²) in [5.74, 6) is 0.517. The molecule has 0 spiro atoms. The molecule has 3 aliphatic heterocycles. The van der Waals surface area contributed by atoms with Gasteiger partial charge in [-0.05, 0) is 44.0 Å². The van der Waals surface area contributed by atoms with Gasteiger partial charge in [0.2, 0.25) is 0 Å². The Morgan fingerprint density at radius 1 is 1.29 bits per heavy atom. The van der Waals surface area contributed by atoms with Crippen LogP contribution < -0.4 is 11.3 Å². The topological polar surface area (TPSA) is 77.0 Å². The number of piperidine rings is 3. The van der Waals surface area contributed by atoms with Crippen molar-refractivity contribution in [3.05, 3.63) is 27.5 Å². The van der Waals surface area contributed by atoms with E-state index in [0.717, 1.165) is 32.5 Å². The molecule has 110 valence electrons. The van der Waals surface area contributed by atoms with E-state index in [2.05, 4.69) is 15.2 Å². The number of rotatable bonds is 1. The third-order valence-corrected chi connectivity index (χ3v) is 5.07. The van der Waals surface area contributed by atoms with Gasteiger partial charge < -0.3 is 10.6 Å². The summed E-state index contributed by atoms with van der Waals surface area (Å²) in [6, 6.07) is 3.32.